The number of alkyl halides is 2. The van der Waals surface area contributed by atoms with Crippen LogP contribution < -0.4 is 19.9 Å². The summed E-state index contributed by atoms with van der Waals surface area (Å²) in [4.78, 5) is 27.6. The maximum Gasteiger partial charge on any atom is 0.586 e. The maximum absolute atomic E-state index is 13.4. The summed E-state index contributed by atoms with van der Waals surface area (Å²) in [5, 5.41) is 5.16. The zero-order valence-corrected chi connectivity index (χ0v) is 19.3. The van der Waals surface area contributed by atoms with E-state index in [1.165, 1.54) is 35.4 Å². The molecule has 0 fully saturated rings. The predicted octanol–water partition coefficient (Wildman–Crippen LogP) is 4.99. The molecule has 2 aromatic carbocycles. The van der Waals surface area contributed by atoms with Crippen molar-refractivity contribution in [2.45, 2.75) is 26.7 Å². The molecule has 35 heavy (non-hydrogen) atoms. The van der Waals surface area contributed by atoms with Gasteiger partial charge in [-0.3, -0.25) is 9.59 Å². The summed E-state index contributed by atoms with van der Waals surface area (Å²) in [6.07, 6.45) is -2.39. The first-order valence-electron chi connectivity index (χ1n) is 10.6. The molecule has 3 heterocycles. The third-order valence-electron chi connectivity index (χ3n) is 5.48. The smallest absolute Gasteiger partial charge is 0.462 e. The number of halogens is 3. The zero-order chi connectivity index (χ0) is 24.9. The molecule has 180 valence electrons. The summed E-state index contributed by atoms with van der Waals surface area (Å²) in [5.74, 6) is -0.803. The lowest BCUT2D eigenvalue weighted by atomic mass is 10.1. The Labute approximate surface area is 202 Å². The van der Waals surface area contributed by atoms with Gasteiger partial charge in [0.25, 0.3) is 5.56 Å². The minimum atomic E-state index is -3.77. The summed E-state index contributed by atoms with van der Waals surface area (Å²) >= 11 is 6.21. The van der Waals surface area contributed by atoms with Gasteiger partial charge in [-0.1, -0.05) is 11.6 Å². The van der Waals surface area contributed by atoms with Crippen LogP contribution in [0.2, 0.25) is 5.02 Å². The summed E-state index contributed by atoms with van der Waals surface area (Å²) in [6.45, 7) is 3.39. The Balaban J connectivity index is 1.51. The van der Waals surface area contributed by atoms with Crippen LogP contribution in [0.25, 0.3) is 22.2 Å². The number of hydrogen-bond acceptors (Lipinski definition) is 6. The molecule has 4 aromatic rings. The lowest BCUT2D eigenvalue weighted by molar-refractivity contribution is -0.286. The highest BCUT2D eigenvalue weighted by atomic mass is 35.5. The normalized spacial score (nSPS) is 13.9. The Kier molecular flexibility index (Phi) is 5.47. The number of carbonyl (C=O) groups excluding carboxylic acids is 1. The lowest BCUT2D eigenvalue weighted by Crippen LogP contribution is -2.37. The molecule has 0 bridgehead atoms. The molecule has 8 nitrogen and oxygen atoms in total. The molecule has 2 aromatic heterocycles. The number of aryl methyl sites for hydroxylation is 1. The van der Waals surface area contributed by atoms with E-state index in [0.29, 0.717) is 22.0 Å². The number of benzene rings is 2. The van der Waals surface area contributed by atoms with Gasteiger partial charge in [0.05, 0.1) is 11.6 Å². The number of hydrogen-bond donors (Lipinski definition) is 0. The van der Waals surface area contributed by atoms with Gasteiger partial charge in [0.15, 0.2) is 17.1 Å². The number of ether oxygens (including phenoxy) is 2. The van der Waals surface area contributed by atoms with E-state index in [9.17, 15) is 18.4 Å². The van der Waals surface area contributed by atoms with E-state index in [0.717, 1.165) is 10.2 Å². The van der Waals surface area contributed by atoms with Crippen molar-refractivity contribution in [3.8, 4) is 22.8 Å². The highest BCUT2D eigenvalue weighted by molar-refractivity contribution is 6.31. The van der Waals surface area contributed by atoms with Crippen LogP contribution in [0, 0.1) is 6.92 Å². The first-order valence-corrected chi connectivity index (χ1v) is 11.0. The third-order valence-corrected chi connectivity index (χ3v) is 5.70. The molecule has 5 rings (SSSR count). The fourth-order valence-electron chi connectivity index (χ4n) is 4.00. The van der Waals surface area contributed by atoms with Crippen molar-refractivity contribution in [1.82, 2.24) is 9.78 Å². The second kappa shape index (κ2) is 8.38. The van der Waals surface area contributed by atoms with E-state index >= 15 is 0 Å². The Morgan fingerprint density at radius 2 is 1.91 bits per heavy atom. The summed E-state index contributed by atoms with van der Waals surface area (Å²) in [6, 6.07) is 10.9. The molecule has 0 saturated carbocycles. The molecule has 0 spiro atoms. The molecule has 0 atom stereocenters. The average molecular weight is 502 g/mol. The van der Waals surface area contributed by atoms with E-state index in [2.05, 4.69) is 14.6 Å². The number of furan rings is 1. The molecule has 1 aliphatic heterocycles. The van der Waals surface area contributed by atoms with Gasteiger partial charge in [-0.2, -0.15) is 5.10 Å². The highest BCUT2D eigenvalue weighted by Crippen LogP contribution is 2.42. The van der Waals surface area contributed by atoms with Crippen LogP contribution in [0.1, 0.15) is 12.5 Å². The Morgan fingerprint density at radius 1 is 1.14 bits per heavy atom. The van der Waals surface area contributed by atoms with Crippen LogP contribution in [0.15, 0.2) is 57.9 Å². The monoisotopic (exact) mass is 501 g/mol. The van der Waals surface area contributed by atoms with E-state index in [-0.39, 0.29) is 29.0 Å². The van der Waals surface area contributed by atoms with E-state index in [1.54, 1.807) is 19.1 Å². The van der Waals surface area contributed by atoms with Crippen LogP contribution in [-0.4, -0.2) is 28.5 Å². The van der Waals surface area contributed by atoms with Gasteiger partial charge in [0.1, 0.15) is 12.2 Å². The summed E-state index contributed by atoms with van der Waals surface area (Å²) in [5.41, 5.74) is 1.95. The Hall–Kier alpha value is -3.92. The number of anilines is 1. The van der Waals surface area contributed by atoms with Gasteiger partial charge < -0.3 is 18.8 Å². The lowest BCUT2D eigenvalue weighted by Gasteiger charge is -2.21. The van der Waals surface area contributed by atoms with Gasteiger partial charge in [0, 0.05) is 28.9 Å². The molecule has 0 aliphatic carbocycles. The second-order valence-electron chi connectivity index (χ2n) is 7.93. The van der Waals surface area contributed by atoms with Gasteiger partial charge >= 0.3 is 6.29 Å². The van der Waals surface area contributed by atoms with Crippen LogP contribution in [-0.2, 0) is 11.3 Å². The third kappa shape index (κ3) is 4.21. The van der Waals surface area contributed by atoms with Crippen LogP contribution in [0.3, 0.4) is 0 Å². The molecular formula is C24H18ClF2N3O5. The van der Waals surface area contributed by atoms with Crippen LogP contribution >= 0.6 is 11.6 Å². The topological polar surface area (TPSA) is 86.8 Å². The largest absolute Gasteiger partial charge is 0.586 e. The standard InChI is InChI=1S/C24H18ClF2N3O5/c1-3-29(16-4-5-18-19(11-16)35-24(26,27)34-18)20(31)12-30-23(32)17-6-7-33-22(17)21(28-30)14-8-13(2)9-15(25)10-14/h4-11H,3,12H2,1-2H3. The van der Waals surface area contributed by atoms with E-state index in [4.69, 9.17) is 16.0 Å². The Morgan fingerprint density at radius 3 is 2.66 bits per heavy atom. The zero-order valence-electron chi connectivity index (χ0n) is 18.5. The number of aromatic nitrogens is 2. The van der Waals surface area contributed by atoms with Crippen LogP contribution in [0.5, 0.6) is 11.5 Å². The maximum atomic E-state index is 13.4. The molecule has 11 heteroatoms. The van der Waals surface area contributed by atoms with E-state index in [1.807, 2.05) is 13.0 Å². The van der Waals surface area contributed by atoms with Gasteiger partial charge in [-0.25, -0.2) is 4.68 Å². The number of amides is 1. The van der Waals surface area contributed by atoms with Gasteiger partial charge in [-0.15, -0.1) is 8.78 Å². The number of rotatable bonds is 5. The average Bonchev–Trinajstić information content (AvgIpc) is 3.38. The molecule has 1 amide bonds. The van der Waals surface area contributed by atoms with Crippen molar-refractivity contribution in [1.29, 1.82) is 0 Å². The van der Waals surface area contributed by atoms with Gasteiger partial charge in [0.2, 0.25) is 5.91 Å². The SMILES string of the molecule is CCN(C(=O)Cn1nc(-c2cc(C)cc(Cl)c2)c2occc2c1=O)c1ccc2c(c1)OC(F)(F)O2. The molecule has 0 saturated heterocycles. The van der Waals surface area contributed by atoms with Crippen molar-refractivity contribution in [2.24, 2.45) is 0 Å². The van der Waals surface area contributed by atoms with Gasteiger partial charge in [-0.05, 0) is 55.8 Å². The first kappa shape index (κ1) is 22.9. The number of likely N-dealkylation sites (N-methyl/N-ethyl adjacent to an activating group) is 1. The van der Waals surface area contributed by atoms with Crippen molar-refractivity contribution in [2.75, 3.05) is 11.4 Å². The Bertz CT molecular complexity index is 1510. The molecule has 0 radical (unpaired) electrons. The van der Waals surface area contributed by atoms with Crippen molar-refractivity contribution in [3.63, 3.8) is 0 Å². The predicted molar refractivity (Wildman–Crippen MR) is 124 cm³/mol. The fourth-order valence-corrected chi connectivity index (χ4v) is 4.29. The molecule has 1 aliphatic rings. The van der Waals surface area contributed by atoms with Crippen molar-refractivity contribution in [3.05, 3.63) is 69.7 Å². The van der Waals surface area contributed by atoms with E-state index < -0.39 is 24.3 Å². The van der Waals surface area contributed by atoms with Crippen LogP contribution in [0.4, 0.5) is 14.5 Å². The highest BCUT2D eigenvalue weighted by Gasteiger charge is 2.43. The minimum Gasteiger partial charge on any atom is -0.462 e. The van der Waals surface area contributed by atoms with Crippen molar-refractivity contribution < 1.29 is 27.5 Å². The molecule has 0 N–H and O–H groups in total. The van der Waals surface area contributed by atoms with Crippen molar-refractivity contribution >= 4 is 34.2 Å². The minimum absolute atomic E-state index is 0.132. The fraction of sp³-hybridized carbons (Fsp3) is 0.208. The molecule has 0 unspecified atom stereocenters. The first-order chi connectivity index (χ1) is 16.6. The summed E-state index contributed by atoms with van der Waals surface area (Å²) < 4.78 is 42.2. The summed E-state index contributed by atoms with van der Waals surface area (Å²) in [7, 11) is 0. The molecular weight excluding hydrogens is 484 g/mol. The number of carbonyl (C=O) groups is 1. The second-order valence-corrected chi connectivity index (χ2v) is 8.37. The number of nitrogens with zero attached hydrogens (tertiary/aromatic N) is 3. The number of fused-ring (bicyclic) bond motifs is 2. The quantitative estimate of drug-likeness (QED) is 0.383.